The molecule has 0 aliphatic carbocycles. The molecule has 0 bridgehead atoms. The van der Waals surface area contributed by atoms with Crippen LogP contribution in [0.4, 0.5) is 10.1 Å². The molecule has 0 saturated carbocycles. The van der Waals surface area contributed by atoms with Crippen molar-refractivity contribution in [3.63, 3.8) is 0 Å². The summed E-state index contributed by atoms with van der Waals surface area (Å²) in [6, 6.07) is 3.48. The largest absolute Gasteiger partial charge is 0.366 e. The van der Waals surface area contributed by atoms with Crippen molar-refractivity contribution in [3.05, 3.63) is 34.8 Å². The minimum absolute atomic E-state index is 0.00602. The van der Waals surface area contributed by atoms with Gasteiger partial charge in [-0.15, -0.1) is 0 Å². The SMILES string of the molecule is CCCN1c2cc(F)c(/C=C3\NC(=S)NC3=O)cc2C(C)CC1(C)C. The van der Waals surface area contributed by atoms with Crippen LogP contribution in [0, 0.1) is 5.82 Å². The quantitative estimate of drug-likeness (QED) is 0.637. The highest BCUT2D eigenvalue weighted by atomic mass is 32.1. The molecule has 3 rings (SSSR count). The lowest BCUT2D eigenvalue weighted by atomic mass is 9.79. The van der Waals surface area contributed by atoms with Crippen molar-refractivity contribution in [2.75, 3.05) is 11.4 Å². The number of thiocarbonyl (C=S) groups is 1. The molecule has 0 spiro atoms. The van der Waals surface area contributed by atoms with Crippen LogP contribution in [-0.2, 0) is 4.79 Å². The fourth-order valence-electron chi connectivity index (χ4n) is 3.92. The molecule has 2 aliphatic rings. The molecule has 6 heteroatoms. The smallest absolute Gasteiger partial charge is 0.273 e. The molecule has 1 fully saturated rings. The molecule has 1 unspecified atom stereocenters. The number of carbonyl (C=O) groups excluding carboxylic acids is 1. The topological polar surface area (TPSA) is 44.4 Å². The molecule has 1 amide bonds. The summed E-state index contributed by atoms with van der Waals surface area (Å²) < 4.78 is 14.8. The molecule has 2 heterocycles. The lowest BCUT2D eigenvalue weighted by molar-refractivity contribution is -0.115. The predicted molar refractivity (Wildman–Crippen MR) is 103 cm³/mol. The number of nitrogens with one attached hydrogen (secondary N) is 2. The Hall–Kier alpha value is -1.95. The highest BCUT2D eigenvalue weighted by Gasteiger charge is 2.36. The summed E-state index contributed by atoms with van der Waals surface area (Å²) in [7, 11) is 0. The number of hydrogen-bond donors (Lipinski definition) is 2. The first kappa shape index (κ1) is 17.9. The second kappa shape index (κ2) is 6.41. The maximum atomic E-state index is 14.8. The van der Waals surface area contributed by atoms with Gasteiger partial charge in [0.2, 0.25) is 0 Å². The number of hydrogen-bond acceptors (Lipinski definition) is 3. The van der Waals surface area contributed by atoms with E-state index in [0.29, 0.717) is 11.5 Å². The molecule has 2 aliphatic heterocycles. The van der Waals surface area contributed by atoms with Gasteiger partial charge in [0, 0.05) is 23.3 Å². The maximum absolute atomic E-state index is 14.8. The molecule has 1 saturated heterocycles. The number of halogens is 1. The van der Waals surface area contributed by atoms with Gasteiger partial charge in [-0.3, -0.25) is 10.1 Å². The normalized spacial score (nSPS) is 23.5. The van der Waals surface area contributed by atoms with Gasteiger partial charge in [0.15, 0.2) is 5.11 Å². The van der Waals surface area contributed by atoms with Crippen molar-refractivity contribution in [1.82, 2.24) is 10.6 Å². The third-order valence-corrected chi connectivity index (χ3v) is 5.18. The van der Waals surface area contributed by atoms with Gasteiger partial charge < -0.3 is 10.2 Å². The van der Waals surface area contributed by atoms with E-state index in [2.05, 4.69) is 43.2 Å². The highest BCUT2D eigenvalue weighted by molar-refractivity contribution is 7.80. The number of benzene rings is 1. The minimum Gasteiger partial charge on any atom is -0.366 e. The number of rotatable bonds is 3. The summed E-state index contributed by atoms with van der Waals surface area (Å²) in [6.45, 7) is 9.63. The summed E-state index contributed by atoms with van der Waals surface area (Å²) in [6.07, 6.45) is 3.54. The standard InChI is InChI=1S/C19H24FN3OS/c1-5-6-23-16-9-14(20)12(8-15-17(24)22-18(25)21-15)7-13(16)11(2)10-19(23,3)4/h7-9,11H,5-6,10H2,1-4H3,(H2,21,22,24,25)/b15-8-. The van der Waals surface area contributed by atoms with Crippen molar-refractivity contribution in [2.24, 2.45) is 0 Å². The van der Waals surface area contributed by atoms with Crippen molar-refractivity contribution in [3.8, 4) is 0 Å². The van der Waals surface area contributed by atoms with Crippen LogP contribution >= 0.6 is 12.2 Å². The zero-order valence-corrected chi connectivity index (χ0v) is 15.9. The molecule has 25 heavy (non-hydrogen) atoms. The summed E-state index contributed by atoms with van der Waals surface area (Å²) in [5.41, 5.74) is 2.77. The van der Waals surface area contributed by atoms with Gasteiger partial charge in [0.1, 0.15) is 11.5 Å². The molecule has 1 atom stereocenters. The highest BCUT2D eigenvalue weighted by Crippen LogP contribution is 2.44. The van der Waals surface area contributed by atoms with Gasteiger partial charge in [-0.2, -0.15) is 0 Å². The molecular formula is C19H24FN3OS. The van der Waals surface area contributed by atoms with Gasteiger partial charge >= 0.3 is 0 Å². The van der Waals surface area contributed by atoms with E-state index < -0.39 is 0 Å². The summed E-state index contributed by atoms with van der Waals surface area (Å²) in [4.78, 5) is 14.1. The predicted octanol–water partition coefficient (Wildman–Crippen LogP) is 3.67. The van der Waals surface area contributed by atoms with E-state index in [1.54, 1.807) is 6.07 Å². The van der Waals surface area contributed by atoms with Gasteiger partial charge in [-0.05, 0) is 68.6 Å². The number of nitrogens with zero attached hydrogens (tertiary/aromatic N) is 1. The number of carbonyl (C=O) groups is 1. The van der Waals surface area contributed by atoms with Crippen molar-refractivity contribution < 1.29 is 9.18 Å². The Bertz CT molecular complexity index is 772. The lowest BCUT2D eigenvalue weighted by Crippen LogP contribution is -2.48. The lowest BCUT2D eigenvalue weighted by Gasteiger charge is -2.47. The van der Waals surface area contributed by atoms with Crippen LogP contribution < -0.4 is 15.5 Å². The average Bonchev–Trinajstić information content (AvgIpc) is 2.82. The molecule has 1 aromatic carbocycles. The molecule has 0 aromatic heterocycles. The average molecular weight is 361 g/mol. The van der Waals surface area contributed by atoms with E-state index in [0.717, 1.165) is 30.6 Å². The van der Waals surface area contributed by atoms with Crippen molar-refractivity contribution in [2.45, 2.75) is 52.0 Å². The van der Waals surface area contributed by atoms with Crippen molar-refractivity contribution >= 4 is 35.0 Å². The van der Waals surface area contributed by atoms with Gasteiger partial charge in [0.05, 0.1) is 0 Å². The molecule has 1 aromatic rings. The summed E-state index contributed by atoms with van der Waals surface area (Å²) in [5, 5.41) is 5.51. The van der Waals surface area contributed by atoms with Crippen LogP contribution in [0.3, 0.4) is 0 Å². The van der Waals surface area contributed by atoms with Crippen LogP contribution in [-0.4, -0.2) is 23.1 Å². The molecule has 134 valence electrons. The summed E-state index contributed by atoms with van der Waals surface area (Å²) in [5.74, 6) is -0.337. The Morgan fingerprint density at radius 3 is 2.72 bits per heavy atom. The Kier molecular flexibility index (Phi) is 4.58. The first-order valence-corrected chi connectivity index (χ1v) is 9.09. The molecule has 0 radical (unpaired) electrons. The second-order valence-corrected chi connectivity index (χ2v) is 7.88. The Morgan fingerprint density at radius 2 is 2.12 bits per heavy atom. The van der Waals surface area contributed by atoms with Gasteiger partial charge in [0.25, 0.3) is 5.91 Å². The van der Waals surface area contributed by atoms with E-state index in [1.165, 1.54) is 6.08 Å². The van der Waals surface area contributed by atoms with E-state index >= 15 is 0 Å². The zero-order valence-electron chi connectivity index (χ0n) is 15.1. The Labute approximate surface area is 153 Å². The number of amides is 1. The fourth-order valence-corrected chi connectivity index (χ4v) is 4.12. The minimum atomic E-state index is -0.330. The van der Waals surface area contributed by atoms with E-state index in [9.17, 15) is 9.18 Å². The van der Waals surface area contributed by atoms with Crippen LogP contribution in [0.2, 0.25) is 0 Å². The Morgan fingerprint density at radius 1 is 1.40 bits per heavy atom. The van der Waals surface area contributed by atoms with Crippen LogP contribution in [0.15, 0.2) is 17.8 Å². The van der Waals surface area contributed by atoms with E-state index in [1.807, 2.05) is 6.07 Å². The monoisotopic (exact) mass is 361 g/mol. The number of fused-ring (bicyclic) bond motifs is 1. The van der Waals surface area contributed by atoms with Gasteiger partial charge in [-0.1, -0.05) is 13.8 Å². The molecule has 4 nitrogen and oxygen atoms in total. The zero-order chi connectivity index (χ0) is 18.4. The summed E-state index contributed by atoms with van der Waals surface area (Å²) >= 11 is 4.92. The van der Waals surface area contributed by atoms with Crippen molar-refractivity contribution in [1.29, 1.82) is 0 Å². The van der Waals surface area contributed by atoms with Crippen LogP contribution in [0.25, 0.3) is 6.08 Å². The fraction of sp³-hybridized carbons (Fsp3) is 0.474. The van der Waals surface area contributed by atoms with Gasteiger partial charge in [-0.25, -0.2) is 4.39 Å². The molecular weight excluding hydrogens is 337 g/mol. The number of anilines is 1. The maximum Gasteiger partial charge on any atom is 0.273 e. The third-order valence-electron chi connectivity index (χ3n) is 4.97. The first-order valence-electron chi connectivity index (χ1n) is 8.68. The first-order chi connectivity index (χ1) is 11.7. The van der Waals surface area contributed by atoms with Crippen LogP contribution in [0.5, 0.6) is 0 Å². The Balaban J connectivity index is 2.07. The van der Waals surface area contributed by atoms with Crippen LogP contribution in [0.1, 0.15) is 57.6 Å². The van der Waals surface area contributed by atoms with E-state index in [-0.39, 0.29) is 28.1 Å². The van der Waals surface area contributed by atoms with E-state index in [4.69, 9.17) is 12.2 Å². The molecule has 2 N–H and O–H groups in total. The second-order valence-electron chi connectivity index (χ2n) is 7.47. The third kappa shape index (κ3) is 3.27.